The number of rotatable bonds is 7. The van der Waals surface area contributed by atoms with Crippen LogP contribution in [0, 0.1) is 5.92 Å². The molecule has 1 aliphatic carbocycles. The van der Waals surface area contributed by atoms with Gasteiger partial charge in [0.1, 0.15) is 0 Å². The molecule has 0 radical (unpaired) electrons. The molecule has 3 unspecified atom stereocenters. The van der Waals surface area contributed by atoms with E-state index in [2.05, 4.69) is 39.0 Å². The highest BCUT2D eigenvalue weighted by Gasteiger charge is 2.45. The van der Waals surface area contributed by atoms with Crippen LogP contribution < -0.4 is 0 Å². The number of nitrogens with zero attached hydrogens (tertiary/aromatic N) is 1. The lowest BCUT2D eigenvalue weighted by molar-refractivity contribution is -0.00134. The van der Waals surface area contributed by atoms with Crippen LogP contribution in [-0.2, 0) is 16.1 Å². The van der Waals surface area contributed by atoms with E-state index in [1.807, 2.05) is 12.1 Å². The first-order valence-electron chi connectivity index (χ1n) is 9.65. The van der Waals surface area contributed by atoms with E-state index in [1.165, 1.54) is 19.3 Å². The predicted molar refractivity (Wildman–Crippen MR) is 107 cm³/mol. The summed E-state index contributed by atoms with van der Waals surface area (Å²) < 4.78 is 12.4. The molecule has 4 atom stereocenters. The number of ether oxygens (including phenoxy) is 2. The molecular formula is C21H30BrNO3. The van der Waals surface area contributed by atoms with Crippen LogP contribution in [0.25, 0.3) is 0 Å². The molecule has 1 aliphatic heterocycles. The number of halogens is 1. The van der Waals surface area contributed by atoms with Crippen LogP contribution in [0.1, 0.15) is 37.7 Å². The maximum atomic E-state index is 10.8. The van der Waals surface area contributed by atoms with Crippen molar-refractivity contribution < 1.29 is 14.6 Å². The molecule has 0 bridgehead atoms. The highest BCUT2D eigenvalue weighted by Crippen LogP contribution is 2.37. The van der Waals surface area contributed by atoms with Gasteiger partial charge in [-0.3, -0.25) is 4.90 Å². The summed E-state index contributed by atoms with van der Waals surface area (Å²) in [5.41, 5.74) is 1.16. The van der Waals surface area contributed by atoms with Crippen LogP contribution in [0.15, 0.2) is 41.1 Å². The molecule has 4 nitrogen and oxygen atoms in total. The maximum Gasteiger partial charge on any atom is 0.0784 e. The fourth-order valence-electron chi connectivity index (χ4n) is 4.36. The summed E-state index contributed by atoms with van der Waals surface area (Å²) in [4.78, 5) is 2.49. The number of benzene rings is 1. The van der Waals surface area contributed by atoms with E-state index in [4.69, 9.17) is 9.47 Å². The highest BCUT2D eigenvalue weighted by molar-refractivity contribution is 9.10. The third-order valence-electron chi connectivity index (χ3n) is 5.61. The molecule has 0 aromatic heterocycles. The van der Waals surface area contributed by atoms with Crippen LogP contribution >= 0.6 is 15.9 Å². The van der Waals surface area contributed by atoms with Crippen LogP contribution in [0.3, 0.4) is 0 Å². The average molecular weight is 424 g/mol. The largest absolute Gasteiger partial charge is 0.505 e. The average Bonchev–Trinajstić information content (AvgIpc) is 2.97. The lowest BCUT2D eigenvalue weighted by atomic mass is 9.94. The van der Waals surface area contributed by atoms with Gasteiger partial charge in [0, 0.05) is 22.9 Å². The molecule has 1 aromatic rings. The van der Waals surface area contributed by atoms with Crippen molar-refractivity contribution >= 4 is 15.9 Å². The van der Waals surface area contributed by atoms with Gasteiger partial charge in [-0.1, -0.05) is 34.5 Å². The molecule has 2 fully saturated rings. The summed E-state index contributed by atoms with van der Waals surface area (Å²) in [5, 5.41) is 10.8. The zero-order valence-electron chi connectivity index (χ0n) is 15.5. The number of hydrogen-bond donors (Lipinski definition) is 1. The first-order valence-corrected chi connectivity index (χ1v) is 10.4. The third-order valence-corrected chi connectivity index (χ3v) is 6.14. The Balaban J connectivity index is 1.67. The van der Waals surface area contributed by atoms with Gasteiger partial charge in [0.05, 0.1) is 32.2 Å². The molecular weight excluding hydrogens is 394 g/mol. The van der Waals surface area contributed by atoms with Crippen molar-refractivity contribution in [1.29, 1.82) is 0 Å². The molecule has 1 aromatic carbocycles. The molecule has 1 saturated heterocycles. The Bertz CT molecular complexity index is 571. The summed E-state index contributed by atoms with van der Waals surface area (Å²) in [6.45, 7) is 2.76. The number of hydrogen-bond acceptors (Lipinski definition) is 4. The van der Waals surface area contributed by atoms with Gasteiger partial charge in [-0.25, -0.2) is 0 Å². The maximum absolute atomic E-state index is 10.8. The zero-order valence-corrected chi connectivity index (χ0v) is 17.1. The lowest BCUT2D eigenvalue weighted by Gasteiger charge is -2.37. The van der Waals surface area contributed by atoms with E-state index in [9.17, 15) is 5.11 Å². The molecule has 3 rings (SSSR count). The second-order valence-electron chi connectivity index (χ2n) is 7.37. The van der Waals surface area contributed by atoms with E-state index in [-0.39, 0.29) is 18.2 Å². The smallest absolute Gasteiger partial charge is 0.0784 e. The van der Waals surface area contributed by atoms with Gasteiger partial charge >= 0.3 is 0 Å². The predicted octanol–water partition coefficient (Wildman–Crippen LogP) is 4.12. The second-order valence-corrected chi connectivity index (χ2v) is 8.29. The number of methoxy groups -OCH3 is 1. The Morgan fingerprint density at radius 2 is 1.92 bits per heavy atom. The van der Waals surface area contributed by atoms with E-state index >= 15 is 0 Å². The number of allylic oxidation sites excluding steroid dienone is 1. The third kappa shape index (κ3) is 5.10. The molecule has 0 amide bonds. The van der Waals surface area contributed by atoms with Crippen molar-refractivity contribution in [1.82, 2.24) is 4.90 Å². The fraction of sp³-hybridized carbons (Fsp3) is 0.619. The number of piperidine rings is 1. The molecule has 1 heterocycles. The highest BCUT2D eigenvalue weighted by atomic mass is 79.9. The van der Waals surface area contributed by atoms with E-state index in [1.54, 1.807) is 13.4 Å². The Hall–Kier alpha value is -0.880. The normalized spacial score (nSPS) is 30.1. The summed E-state index contributed by atoms with van der Waals surface area (Å²) in [5.74, 6) is 0.296. The monoisotopic (exact) mass is 423 g/mol. The Morgan fingerprint density at radius 3 is 2.62 bits per heavy atom. The van der Waals surface area contributed by atoms with Crippen molar-refractivity contribution in [3.05, 3.63) is 46.6 Å². The second kappa shape index (κ2) is 9.88. The van der Waals surface area contributed by atoms with Crippen LogP contribution in [0.5, 0.6) is 0 Å². The molecule has 144 valence electrons. The quantitative estimate of drug-likeness (QED) is 0.669. The number of aliphatic hydroxyl groups excluding tert-OH is 1. The van der Waals surface area contributed by atoms with Gasteiger partial charge < -0.3 is 14.6 Å². The lowest BCUT2D eigenvalue weighted by Crippen LogP contribution is -2.47. The zero-order chi connectivity index (χ0) is 18.4. The topological polar surface area (TPSA) is 41.9 Å². The SMILES string of the molecule is COC=CCC1C(OCc2ccc(Br)cc2)C[C@@H](O)C1N1CCCCC1. The molecule has 2 aliphatic rings. The first-order chi connectivity index (χ1) is 12.7. The van der Waals surface area contributed by atoms with Gasteiger partial charge in [0.25, 0.3) is 0 Å². The van der Waals surface area contributed by atoms with E-state index < -0.39 is 0 Å². The standard InChI is InChI=1S/C21H30BrNO3/c1-25-13-5-6-18-20(26-15-16-7-9-17(22)10-8-16)14-19(24)21(18)23-11-3-2-4-12-23/h5,7-10,13,18-21,24H,2-4,6,11-12,14-15H2,1H3/t18?,19-,20?,21?/m1/s1. The minimum absolute atomic E-state index is 0.0714. The van der Waals surface area contributed by atoms with Crippen molar-refractivity contribution in [2.75, 3.05) is 20.2 Å². The van der Waals surface area contributed by atoms with E-state index in [0.29, 0.717) is 18.9 Å². The van der Waals surface area contributed by atoms with Crippen LogP contribution in [-0.4, -0.2) is 48.5 Å². The Kier molecular flexibility index (Phi) is 7.55. The van der Waals surface area contributed by atoms with Gasteiger partial charge in [-0.05, 0) is 56.1 Å². The Labute approximate surface area is 165 Å². The van der Waals surface area contributed by atoms with Crippen molar-refractivity contribution in [2.24, 2.45) is 5.92 Å². The summed E-state index contributed by atoms with van der Waals surface area (Å²) in [6, 6.07) is 8.43. The van der Waals surface area contributed by atoms with Gasteiger partial charge in [0.15, 0.2) is 0 Å². The molecule has 26 heavy (non-hydrogen) atoms. The van der Waals surface area contributed by atoms with Crippen molar-refractivity contribution in [2.45, 2.75) is 57.0 Å². The summed E-state index contributed by atoms with van der Waals surface area (Å²) in [6.07, 6.45) is 8.91. The van der Waals surface area contributed by atoms with Gasteiger partial charge in [-0.2, -0.15) is 0 Å². The van der Waals surface area contributed by atoms with Gasteiger partial charge in [0.2, 0.25) is 0 Å². The molecule has 5 heteroatoms. The number of aliphatic hydroxyl groups is 1. The van der Waals surface area contributed by atoms with Crippen molar-refractivity contribution in [3.8, 4) is 0 Å². The van der Waals surface area contributed by atoms with Gasteiger partial charge in [-0.15, -0.1) is 0 Å². The van der Waals surface area contributed by atoms with Crippen LogP contribution in [0.2, 0.25) is 0 Å². The van der Waals surface area contributed by atoms with Crippen LogP contribution in [0.4, 0.5) is 0 Å². The van der Waals surface area contributed by atoms with E-state index in [0.717, 1.165) is 29.5 Å². The number of likely N-dealkylation sites (tertiary alicyclic amines) is 1. The summed E-state index contributed by atoms with van der Waals surface area (Å²) >= 11 is 3.47. The fourth-order valence-corrected chi connectivity index (χ4v) is 4.63. The molecule has 1 N–H and O–H groups in total. The molecule has 0 spiro atoms. The molecule has 1 saturated carbocycles. The minimum Gasteiger partial charge on any atom is -0.505 e. The Morgan fingerprint density at radius 1 is 1.19 bits per heavy atom. The minimum atomic E-state index is -0.316. The first kappa shape index (κ1) is 19.9. The van der Waals surface area contributed by atoms with Crippen molar-refractivity contribution in [3.63, 3.8) is 0 Å². The summed E-state index contributed by atoms with van der Waals surface area (Å²) in [7, 11) is 1.67.